The van der Waals surface area contributed by atoms with Crippen molar-refractivity contribution in [1.82, 2.24) is 14.8 Å². The number of urea groups is 1. The average molecular weight is 572 g/mol. The number of primary amides is 1. The molecule has 0 saturated carbocycles. The Bertz CT molecular complexity index is 1550. The number of rotatable bonds is 5. The lowest BCUT2D eigenvalue weighted by atomic mass is 10.1. The molecule has 2 amide bonds. The Labute approximate surface area is 231 Å². The molecule has 1 fully saturated rings. The Morgan fingerprint density at radius 3 is 2.49 bits per heavy atom. The SMILES string of the molecule is CC#CCN1c2c(cc(C(=O)OC(=O)C(F)(F)F)n(Cc3ccccc3C#N)c2=O)N(C(N)=O)C1N1CCNCC1. The van der Waals surface area contributed by atoms with E-state index in [-0.39, 0.29) is 29.0 Å². The van der Waals surface area contributed by atoms with Crippen molar-refractivity contribution < 1.29 is 32.3 Å². The molecule has 0 radical (unpaired) electrons. The van der Waals surface area contributed by atoms with E-state index in [9.17, 15) is 37.6 Å². The normalized spacial score (nSPS) is 16.8. The molecule has 3 N–H and O–H groups in total. The van der Waals surface area contributed by atoms with Crippen LogP contribution in [-0.2, 0) is 16.1 Å². The second-order valence-electron chi connectivity index (χ2n) is 8.99. The standard InChI is InChI=1S/C26H24F3N7O5/c1-2-3-10-34-20-18(36(24(31)40)25(34)33-11-8-32-9-12-33)13-19(22(38)41-23(39)26(27,28)29)35(21(20)37)15-17-7-5-4-6-16(17)14-30/h4-7,13,25,32H,8-12,15H2,1H3,(H2,31,40). The van der Waals surface area contributed by atoms with Gasteiger partial charge in [0, 0.05) is 26.2 Å². The summed E-state index contributed by atoms with van der Waals surface area (Å²) in [6.45, 7) is 3.09. The summed E-state index contributed by atoms with van der Waals surface area (Å²) in [7, 11) is 0. The summed E-state index contributed by atoms with van der Waals surface area (Å²) < 4.78 is 43.7. The van der Waals surface area contributed by atoms with Gasteiger partial charge in [-0.1, -0.05) is 24.1 Å². The molecule has 1 saturated heterocycles. The number of nitriles is 1. The van der Waals surface area contributed by atoms with Crippen LogP contribution in [0, 0.1) is 23.2 Å². The molecule has 2 aliphatic heterocycles. The fraction of sp³-hybridized carbons (Fsp3) is 0.346. The zero-order valence-electron chi connectivity index (χ0n) is 21.7. The Balaban J connectivity index is 1.96. The number of ether oxygens (including phenoxy) is 1. The number of esters is 2. The number of alkyl halides is 3. The largest absolute Gasteiger partial charge is 0.491 e. The first-order valence-corrected chi connectivity index (χ1v) is 12.3. The van der Waals surface area contributed by atoms with E-state index in [1.807, 2.05) is 11.0 Å². The second kappa shape index (κ2) is 11.7. The van der Waals surface area contributed by atoms with Gasteiger partial charge < -0.3 is 20.7 Å². The lowest BCUT2D eigenvalue weighted by Gasteiger charge is -2.40. The first-order chi connectivity index (χ1) is 19.5. The van der Waals surface area contributed by atoms with E-state index in [1.54, 1.807) is 19.1 Å². The van der Waals surface area contributed by atoms with Gasteiger partial charge in [0.05, 0.1) is 30.4 Å². The molecule has 214 valence electrons. The van der Waals surface area contributed by atoms with E-state index in [1.165, 1.54) is 17.0 Å². The fourth-order valence-corrected chi connectivity index (χ4v) is 4.74. The Kier molecular flexibility index (Phi) is 8.32. The topological polar surface area (TPSA) is 154 Å². The van der Waals surface area contributed by atoms with Gasteiger partial charge in [-0.25, -0.2) is 14.4 Å². The number of carbonyl (C=O) groups excluding carboxylic acids is 3. The Morgan fingerprint density at radius 2 is 1.88 bits per heavy atom. The number of nitrogens with two attached hydrogens (primary N) is 1. The van der Waals surface area contributed by atoms with Gasteiger partial charge in [-0.3, -0.25) is 19.2 Å². The molecule has 41 heavy (non-hydrogen) atoms. The minimum Gasteiger partial charge on any atom is -0.382 e. The highest BCUT2D eigenvalue weighted by Crippen LogP contribution is 2.39. The maximum atomic E-state index is 14.1. The Morgan fingerprint density at radius 1 is 1.20 bits per heavy atom. The monoisotopic (exact) mass is 571 g/mol. The third-order valence-corrected chi connectivity index (χ3v) is 6.55. The summed E-state index contributed by atoms with van der Waals surface area (Å²) in [5.41, 5.74) is 4.21. The van der Waals surface area contributed by atoms with Crippen molar-refractivity contribution in [2.75, 3.05) is 42.5 Å². The molecule has 1 aromatic heterocycles. The molecule has 15 heteroatoms. The lowest BCUT2D eigenvalue weighted by molar-refractivity contribution is -0.193. The van der Waals surface area contributed by atoms with E-state index >= 15 is 0 Å². The van der Waals surface area contributed by atoms with Gasteiger partial charge in [0.25, 0.3) is 5.56 Å². The van der Waals surface area contributed by atoms with E-state index in [2.05, 4.69) is 21.9 Å². The molecule has 0 bridgehead atoms. The first-order valence-electron chi connectivity index (χ1n) is 12.3. The maximum Gasteiger partial charge on any atom is 0.491 e. The van der Waals surface area contributed by atoms with Crippen molar-refractivity contribution in [1.29, 1.82) is 5.26 Å². The zero-order chi connectivity index (χ0) is 29.9. The molecule has 1 unspecified atom stereocenters. The maximum absolute atomic E-state index is 14.1. The first kappa shape index (κ1) is 29.1. The predicted octanol–water partition coefficient (Wildman–Crippen LogP) is 0.931. The highest BCUT2D eigenvalue weighted by molar-refractivity contribution is 6.02. The van der Waals surface area contributed by atoms with Crippen LogP contribution >= 0.6 is 0 Å². The molecule has 12 nitrogen and oxygen atoms in total. The third-order valence-electron chi connectivity index (χ3n) is 6.55. The van der Waals surface area contributed by atoms with Gasteiger partial charge >= 0.3 is 24.1 Å². The number of fused-ring (bicyclic) bond motifs is 1. The predicted molar refractivity (Wildman–Crippen MR) is 139 cm³/mol. The molecular weight excluding hydrogens is 547 g/mol. The van der Waals surface area contributed by atoms with Crippen LogP contribution in [0.1, 0.15) is 28.5 Å². The summed E-state index contributed by atoms with van der Waals surface area (Å²) in [6, 6.07) is 8.02. The molecule has 0 spiro atoms. The molecule has 4 rings (SSSR count). The van der Waals surface area contributed by atoms with Gasteiger partial charge in [-0.15, -0.1) is 5.92 Å². The van der Waals surface area contributed by atoms with Gasteiger partial charge in [0.2, 0.25) is 0 Å². The van der Waals surface area contributed by atoms with E-state index < -0.39 is 48.2 Å². The van der Waals surface area contributed by atoms with Crippen LogP contribution in [0.3, 0.4) is 0 Å². The number of benzene rings is 1. The van der Waals surface area contributed by atoms with Crippen molar-refractivity contribution in [3.63, 3.8) is 0 Å². The third kappa shape index (κ3) is 5.72. The molecule has 3 heterocycles. The number of hydrogen-bond donors (Lipinski definition) is 2. The number of aromatic nitrogens is 1. The highest BCUT2D eigenvalue weighted by Gasteiger charge is 2.46. The molecule has 0 aliphatic carbocycles. The van der Waals surface area contributed by atoms with Crippen molar-refractivity contribution in [3.05, 3.63) is 57.5 Å². The quantitative estimate of drug-likeness (QED) is 0.303. The molecule has 2 aliphatic rings. The number of piperazine rings is 1. The number of amides is 2. The van der Waals surface area contributed by atoms with Crippen LogP contribution in [0.5, 0.6) is 0 Å². The van der Waals surface area contributed by atoms with Crippen LogP contribution in [0.15, 0.2) is 35.1 Å². The number of anilines is 2. The van der Waals surface area contributed by atoms with E-state index in [4.69, 9.17) is 5.73 Å². The van der Waals surface area contributed by atoms with E-state index in [0.29, 0.717) is 26.2 Å². The minimum absolute atomic E-state index is 0.0394. The zero-order valence-corrected chi connectivity index (χ0v) is 21.7. The number of hydrogen-bond acceptors (Lipinski definition) is 9. The summed E-state index contributed by atoms with van der Waals surface area (Å²) >= 11 is 0. The van der Waals surface area contributed by atoms with Gasteiger partial charge in [0.15, 0.2) is 6.29 Å². The number of halogens is 3. The van der Waals surface area contributed by atoms with Crippen molar-refractivity contribution in [2.24, 2.45) is 5.73 Å². The van der Waals surface area contributed by atoms with Crippen LogP contribution in [0.4, 0.5) is 29.3 Å². The number of carbonyl (C=O) groups is 3. The number of nitrogens with zero attached hydrogens (tertiary/aromatic N) is 5. The summed E-state index contributed by atoms with van der Waals surface area (Å²) in [5, 5.41) is 12.7. The molecule has 2 aromatic rings. The summed E-state index contributed by atoms with van der Waals surface area (Å²) in [6.07, 6.45) is -6.44. The lowest BCUT2D eigenvalue weighted by Crippen LogP contribution is -2.62. The average Bonchev–Trinajstić information content (AvgIpc) is 3.27. The van der Waals surface area contributed by atoms with Crippen LogP contribution in [-0.4, -0.2) is 72.6 Å². The van der Waals surface area contributed by atoms with E-state index in [0.717, 1.165) is 15.5 Å². The van der Waals surface area contributed by atoms with Crippen LogP contribution in [0.2, 0.25) is 0 Å². The second-order valence-corrected chi connectivity index (χ2v) is 8.99. The number of nitrogens with one attached hydrogen (secondary N) is 1. The van der Waals surface area contributed by atoms with Gasteiger partial charge in [0.1, 0.15) is 11.4 Å². The smallest absolute Gasteiger partial charge is 0.382 e. The number of pyridine rings is 1. The van der Waals surface area contributed by atoms with Crippen molar-refractivity contribution in [2.45, 2.75) is 25.9 Å². The van der Waals surface area contributed by atoms with Gasteiger partial charge in [-0.05, 0) is 24.6 Å². The van der Waals surface area contributed by atoms with Crippen molar-refractivity contribution >= 4 is 29.3 Å². The molecular formula is C26H24F3N7O5. The Hall–Kier alpha value is -4.86. The van der Waals surface area contributed by atoms with Crippen molar-refractivity contribution in [3.8, 4) is 17.9 Å². The molecule has 1 aromatic carbocycles. The fourth-order valence-electron chi connectivity index (χ4n) is 4.74. The van der Waals surface area contributed by atoms with Gasteiger partial charge in [-0.2, -0.15) is 18.4 Å². The summed E-state index contributed by atoms with van der Waals surface area (Å²) in [4.78, 5) is 55.8. The minimum atomic E-state index is -5.49. The highest BCUT2D eigenvalue weighted by atomic mass is 19.4. The van der Waals surface area contributed by atoms with Crippen LogP contribution in [0.25, 0.3) is 0 Å². The molecule has 1 atom stereocenters. The summed E-state index contributed by atoms with van der Waals surface area (Å²) in [5.74, 6) is 1.02. The van der Waals surface area contributed by atoms with Crippen LogP contribution < -0.4 is 26.4 Å².